The van der Waals surface area contributed by atoms with E-state index in [0.29, 0.717) is 13.0 Å². The molecule has 1 fully saturated rings. The molecule has 1 unspecified atom stereocenters. The second-order valence-corrected chi connectivity index (χ2v) is 5.63. The summed E-state index contributed by atoms with van der Waals surface area (Å²) >= 11 is 0. The van der Waals surface area contributed by atoms with Crippen LogP contribution in [0.4, 0.5) is 19.0 Å². The molecule has 0 radical (unpaired) electrons. The van der Waals surface area contributed by atoms with Crippen LogP contribution >= 0.6 is 0 Å². The Bertz CT molecular complexity index is 654. The number of halogens is 3. The zero-order valence-corrected chi connectivity index (χ0v) is 12.8. The summed E-state index contributed by atoms with van der Waals surface area (Å²) in [6, 6.07) is 3.73. The van der Waals surface area contributed by atoms with Gasteiger partial charge in [-0.05, 0) is 32.4 Å². The Morgan fingerprint density at radius 1 is 1.52 bits per heavy atom. The zero-order valence-electron chi connectivity index (χ0n) is 12.8. The maximum Gasteiger partial charge on any atom is 0.433 e. The highest BCUT2D eigenvalue weighted by molar-refractivity contribution is 5.78. The normalized spacial score (nSPS) is 21.1. The van der Waals surface area contributed by atoms with E-state index in [4.69, 9.17) is 10.00 Å². The molecule has 5 nitrogen and oxygen atoms in total. The van der Waals surface area contributed by atoms with Crippen LogP contribution in [0.3, 0.4) is 0 Å². The lowest BCUT2D eigenvalue weighted by Crippen LogP contribution is -2.34. The first-order chi connectivity index (χ1) is 10.7. The highest BCUT2D eigenvalue weighted by Gasteiger charge is 2.43. The lowest BCUT2D eigenvalue weighted by atomic mass is 9.90. The first-order valence-corrected chi connectivity index (χ1v) is 7.12. The van der Waals surface area contributed by atoms with Crippen LogP contribution in [-0.4, -0.2) is 30.6 Å². The van der Waals surface area contributed by atoms with Gasteiger partial charge in [-0.15, -0.1) is 0 Å². The van der Waals surface area contributed by atoms with Gasteiger partial charge in [0.15, 0.2) is 0 Å². The van der Waals surface area contributed by atoms with E-state index in [9.17, 15) is 18.0 Å². The summed E-state index contributed by atoms with van der Waals surface area (Å²) in [5, 5.41) is 9.11. The summed E-state index contributed by atoms with van der Waals surface area (Å²) in [7, 11) is 0. The third-order valence-corrected chi connectivity index (χ3v) is 3.83. The second kappa shape index (κ2) is 6.07. The monoisotopic (exact) mass is 327 g/mol. The summed E-state index contributed by atoms with van der Waals surface area (Å²) in [6.07, 6.45) is -4.17. The molecule has 2 rings (SSSR count). The lowest BCUT2D eigenvalue weighted by molar-refractivity contribution is -0.153. The maximum atomic E-state index is 12.8. The van der Waals surface area contributed by atoms with Crippen LogP contribution in [0.15, 0.2) is 12.1 Å². The van der Waals surface area contributed by atoms with E-state index in [0.717, 1.165) is 12.1 Å². The van der Waals surface area contributed by atoms with Crippen molar-refractivity contribution in [2.45, 2.75) is 26.4 Å². The first-order valence-electron chi connectivity index (χ1n) is 7.12. The predicted octanol–water partition coefficient (Wildman–Crippen LogP) is 2.75. The lowest BCUT2D eigenvalue weighted by Gasteiger charge is -2.24. The SMILES string of the molecule is CCOC(=O)C1(C)CCN(c2nc(C(F)(F)F)ccc2C#N)C1. The van der Waals surface area contributed by atoms with Gasteiger partial charge in [0.05, 0.1) is 17.6 Å². The quantitative estimate of drug-likeness (QED) is 0.799. The highest BCUT2D eigenvalue weighted by Crippen LogP contribution is 2.36. The first kappa shape index (κ1) is 17.1. The average Bonchev–Trinajstić information content (AvgIpc) is 2.89. The number of esters is 1. The van der Waals surface area contributed by atoms with Crippen LogP contribution < -0.4 is 4.90 Å². The van der Waals surface area contributed by atoms with Crippen LogP contribution in [0, 0.1) is 16.7 Å². The van der Waals surface area contributed by atoms with E-state index >= 15 is 0 Å². The van der Waals surface area contributed by atoms with Gasteiger partial charge in [-0.1, -0.05) is 0 Å². The molecule has 124 valence electrons. The van der Waals surface area contributed by atoms with Gasteiger partial charge in [0, 0.05) is 13.1 Å². The zero-order chi connectivity index (χ0) is 17.3. The van der Waals surface area contributed by atoms with E-state index in [1.165, 1.54) is 4.90 Å². The molecule has 1 aromatic heterocycles. The number of rotatable bonds is 3. The minimum atomic E-state index is -4.59. The fourth-order valence-corrected chi connectivity index (χ4v) is 2.55. The highest BCUT2D eigenvalue weighted by atomic mass is 19.4. The Kier molecular flexibility index (Phi) is 4.50. The average molecular weight is 327 g/mol. The Morgan fingerprint density at radius 3 is 2.78 bits per heavy atom. The summed E-state index contributed by atoms with van der Waals surface area (Å²) in [5.41, 5.74) is -1.83. The van der Waals surface area contributed by atoms with Crippen molar-refractivity contribution < 1.29 is 22.7 Å². The van der Waals surface area contributed by atoms with Crippen LogP contribution in [0.1, 0.15) is 31.5 Å². The molecule has 1 aliphatic heterocycles. The Labute approximate surface area is 131 Å². The number of carbonyl (C=O) groups excluding carboxylic acids is 1. The van der Waals surface area contributed by atoms with E-state index in [1.54, 1.807) is 13.8 Å². The molecule has 2 heterocycles. The summed E-state index contributed by atoms with van der Waals surface area (Å²) in [5.74, 6) is -0.441. The van der Waals surface area contributed by atoms with Gasteiger partial charge in [0.1, 0.15) is 17.6 Å². The molecule has 0 aliphatic carbocycles. The molecular formula is C15H16F3N3O2. The molecule has 1 saturated heterocycles. The Hall–Kier alpha value is -2.30. The van der Waals surface area contributed by atoms with Gasteiger partial charge in [-0.2, -0.15) is 18.4 Å². The molecule has 1 aliphatic rings. The van der Waals surface area contributed by atoms with Crippen molar-refractivity contribution in [3.05, 3.63) is 23.4 Å². The largest absolute Gasteiger partial charge is 0.466 e. The number of nitrogens with zero attached hydrogens (tertiary/aromatic N) is 3. The Balaban J connectivity index is 2.33. The van der Waals surface area contributed by atoms with E-state index < -0.39 is 23.3 Å². The minimum Gasteiger partial charge on any atom is -0.466 e. The number of anilines is 1. The van der Waals surface area contributed by atoms with Crippen molar-refractivity contribution >= 4 is 11.8 Å². The minimum absolute atomic E-state index is 0.0460. The Morgan fingerprint density at radius 2 is 2.22 bits per heavy atom. The van der Waals surface area contributed by atoms with E-state index in [-0.39, 0.29) is 24.5 Å². The molecule has 0 spiro atoms. The van der Waals surface area contributed by atoms with Gasteiger partial charge in [-0.25, -0.2) is 4.98 Å². The number of pyridine rings is 1. The van der Waals surface area contributed by atoms with Gasteiger partial charge in [0.2, 0.25) is 0 Å². The topological polar surface area (TPSA) is 66.2 Å². The van der Waals surface area contributed by atoms with Gasteiger partial charge < -0.3 is 9.64 Å². The summed E-state index contributed by atoms with van der Waals surface area (Å²) < 4.78 is 43.5. The maximum absolute atomic E-state index is 12.8. The molecule has 0 amide bonds. The van der Waals surface area contributed by atoms with E-state index in [2.05, 4.69) is 4.98 Å². The van der Waals surface area contributed by atoms with Crippen LogP contribution in [-0.2, 0) is 15.7 Å². The smallest absolute Gasteiger partial charge is 0.433 e. The van der Waals surface area contributed by atoms with Crippen molar-refractivity contribution in [2.75, 3.05) is 24.6 Å². The van der Waals surface area contributed by atoms with Crippen LogP contribution in [0.5, 0.6) is 0 Å². The van der Waals surface area contributed by atoms with Crippen molar-refractivity contribution in [3.63, 3.8) is 0 Å². The molecule has 1 atom stereocenters. The molecule has 0 saturated carbocycles. The number of hydrogen-bond acceptors (Lipinski definition) is 5. The van der Waals surface area contributed by atoms with Crippen molar-refractivity contribution in [3.8, 4) is 6.07 Å². The number of carbonyl (C=O) groups is 1. The number of ether oxygens (including phenoxy) is 1. The number of nitriles is 1. The predicted molar refractivity (Wildman–Crippen MR) is 75.5 cm³/mol. The summed E-state index contributed by atoms with van der Waals surface area (Å²) in [4.78, 5) is 17.1. The van der Waals surface area contributed by atoms with Crippen molar-refractivity contribution in [2.24, 2.45) is 5.41 Å². The standard InChI is InChI=1S/C15H16F3N3O2/c1-3-23-13(22)14(2)6-7-21(9-14)12-10(8-19)4-5-11(20-12)15(16,17)18/h4-5H,3,6-7,9H2,1-2H3. The fraction of sp³-hybridized carbons (Fsp3) is 0.533. The van der Waals surface area contributed by atoms with Crippen molar-refractivity contribution in [1.82, 2.24) is 4.98 Å². The molecular weight excluding hydrogens is 311 g/mol. The number of aromatic nitrogens is 1. The van der Waals surface area contributed by atoms with Gasteiger partial charge in [-0.3, -0.25) is 4.79 Å². The third-order valence-electron chi connectivity index (χ3n) is 3.83. The molecule has 0 bridgehead atoms. The fourth-order valence-electron chi connectivity index (χ4n) is 2.55. The number of hydrogen-bond donors (Lipinski definition) is 0. The molecule has 0 N–H and O–H groups in total. The van der Waals surface area contributed by atoms with Gasteiger partial charge in [0.25, 0.3) is 0 Å². The summed E-state index contributed by atoms with van der Waals surface area (Å²) in [6.45, 7) is 4.12. The molecule has 1 aromatic rings. The van der Waals surface area contributed by atoms with Gasteiger partial charge >= 0.3 is 12.1 Å². The number of alkyl halides is 3. The third kappa shape index (κ3) is 3.38. The van der Waals surface area contributed by atoms with Crippen LogP contribution in [0.2, 0.25) is 0 Å². The van der Waals surface area contributed by atoms with Crippen molar-refractivity contribution in [1.29, 1.82) is 5.26 Å². The second-order valence-electron chi connectivity index (χ2n) is 5.63. The van der Waals surface area contributed by atoms with Crippen LogP contribution in [0.25, 0.3) is 0 Å². The molecule has 8 heteroatoms. The molecule has 0 aromatic carbocycles. The molecule has 23 heavy (non-hydrogen) atoms. The van der Waals surface area contributed by atoms with E-state index in [1.807, 2.05) is 6.07 Å².